The minimum atomic E-state index is 0.225. The number of aromatic nitrogens is 1. The molecule has 4 heteroatoms. The Balaban J connectivity index is 1.33. The van der Waals surface area contributed by atoms with Gasteiger partial charge in [-0.05, 0) is 36.6 Å². The lowest BCUT2D eigenvalue weighted by Crippen LogP contribution is -2.43. The summed E-state index contributed by atoms with van der Waals surface area (Å²) < 4.78 is 0. The molecule has 1 fully saturated rings. The van der Waals surface area contributed by atoms with Crippen LogP contribution in [0, 0.1) is 0 Å². The molecular formula is C21H23N3O. The number of hydrogen-bond acceptors (Lipinski definition) is 2. The van der Waals surface area contributed by atoms with Gasteiger partial charge in [0.15, 0.2) is 0 Å². The number of carbonyl (C=O) groups excluding carboxylic acids is 1. The fraction of sp³-hybridized carbons (Fsp3) is 0.286. The van der Waals surface area contributed by atoms with Crippen LogP contribution in [0.25, 0.3) is 10.9 Å². The highest BCUT2D eigenvalue weighted by molar-refractivity contribution is 5.88. The maximum Gasteiger partial charge on any atom is 0.227 e. The number of nitrogens with one attached hydrogen (secondary N) is 2. The van der Waals surface area contributed by atoms with Gasteiger partial charge in [-0.15, -0.1) is 0 Å². The lowest BCUT2D eigenvalue weighted by molar-refractivity contribution is -0.131. The number of amides is 1. The Morgan fingerprint density at radius 3 is 2.56 bits per heavy atom. The van der Waals surface area contributed by atoms with Crippen LogP contribution in [0.4, 0.5) is 5.69 Å². The van der Waals surface area contributed by atoms with E-state index >= 15 is 0 Å². The van der Waals surface area contributed by atoms with Crippen LogP contribution in [0.2, 0.25) is 0 Å². The van der Waals surface area contributed by atoms with E-state index < -0.39 is 0 Å². The maximum atomic E-state index is 12.7. The van der Waals surface area contributed by atoms with Gasteiger partial charge in [-0.1, -0.05) is 36.4 Å². The molecule has 2 aromatic carbocycles. The van der Waals surface area contributed by atoms with Gasteiger partial charge in [0.1, 0.15) is 0 Å². The third-order valence-corrected chi connectivity index (χ3v) is 5.01. The average Bonchev–Trinajstić information content (AvgIpc) is 3.06. The van der Waals surface area contributed by atoms with E-state index in [1.807, 2.05) is 47.5 Å². The van der Waals surface area contributed by atoms with Gasteiger partial charge in [0.2, 0.25) is 5.91 Å². The van der Waals surface area contributed by atoms with Gasteiger partial charge in [-0.3, -0.25) is 4.79 Å². The van der Waals surface area contributed by atoms with E-state index in [0.717, 1.165) is 48.1 Å². The predicted molar refractivity (Wildman–Crippen MR) is 102 cm³/mol. The summed E-state index contributed by atoms with van der Waals surface area (Å²) in [6.45, 7) is 1.65. The SMILES string of the molecule is O=C(Cc1c[nH]c2ccccc12)N1CCC(Nc2ccccc2)CC1. The number of rotatable bonds is 4. The number of aromatic amines is 1. The van der Waals surface area contributed by atoms with Crippen LogP contribution in [0.1, 0.15) is 18.4 Å². The van der Waals surface area contributed by atoms with Crippen LogP contribution in [-0.2, 0) is 11.2 Å². The molecule has 128 valence electrons. The molecule has 25 heavy (non-hydrogen) atoms. The van der Waals surface area contributed by atoms with Crippen LogP contribution >= 0.6 is 0 Å². The average molecular weight is 333 g/mol. The summed E-state index contributed by atoms with van der Waals surface area (Å²) in [4.78, 5) is 17.9. The quantitative estimate of drug-likeness (QED) is 0.763. The van der Waals surface area contributed by atoms with Gasteiger partial charge in [0.25, 0.3) is 0 Å². The summed E-state index contributed by atoms with van der Waals surface area (Å²) >= 11 is 0. The number of anilines is 1. The standard InChI is InChI=1S/C21H23N3O/c25-21(14-16-15-22-20-9-5-4-8-19(16)20)24-12-10-18(11-13-24)23-17-6-2-1-3-7-17/h1-9,15,18,22-23H,10-14H2. The zero-order valence-electron chi connectivity index (χ0n) is 14.2. The van der Waals surface area contributed by atoms with Gasteiger partial charge < -0.3 is 15.2 Å². The normalized spacial score (nSPS) is 15.4. The van der Waals surface area contributed by atoms with Gasteiger partial charge in [-0.2, -0.15) is 0 Å². The number of benzene rings is 2. The topological polar surface area (TPSA) is 48.1 Å². The zero-order valence-corrected chi connectivity index (χ0v) is 14.2. The van der Waals surface area contributed by atoms with Crippen LogP contribution in [0.15, 0.2) is 60.8 Å². The second kappa shape index (κ2) is 7.01. The lowest BCUT2D eigenvalue weighted by Gasteiger charge is -2.33. The third-order valence-electron chi connectivity index (χ3n) is 5.01. The van der Waals surface area contributed by atoms with Crippen molar-refractivity contribution in [3.05, 3.63) is 66.4 Å². The number of H-pyrrole nitrogens is 1. The molecule has 3 aromatic rings. The van der Waals surface area contributed by atoms with E-state index in [9.17, 15) is 4.79 Å². The van der Waals surface area contributed by atoms with Crippen molar-refractivity contribution in [2.45, 2.75) is 25.3 Å². The summed E-state index contributed by atoms with van der Waals surface area (Å²) in [5.41, 5.74) is 3.34. The van der Waals surface area contributed by atoms with E-state index in [1.54, 1.807) is 0 Å². The molecular weight excluding hydrogens is 310 g/mol. The molecule has 0 aliphatic carbocycles. The Kier molecular flexibility index (Phi) is 4.42. The molecule has 0 saturated carbocycles. The third kappa shape index (κ3) is 3.53. The molecule has 1 aliphatic rings. The van der Waals surface area contributed by atoms with Crippen LogP contribution in [-0.4, -0.2) is 34.9 Å². The maximum absolute atomic E-state index is 12.7. The number of piperidine rings is 1. The van der Waals surface area contributed by atoms with E-state index in [0.29, 0.717) is 12.5 Å². The number of fused-ring (bicyclic) bond motifs is 1. The molecule has 4 rings (SSSR count). The first-order valence-electron chi connectivity index (χ1n) is 8.94. The van der Waals surface area contributed by atoms with Crippen LogP contribution in [0.5, 0.6) is 0 Å². The Bertz CT molecular complexity index is 848. The molecule has 0 atom stereocenters. The van der Waals surface area contributed by atoms with E-state index in [-0.39, 0.29) is 5.91 Å². The van der Waals surface area contributed by atoms with Crippen molar-refractivity contribution in [2.24, 2.45) is 0 Å². The first kappa shape index (κ1) is 15.8. The zero-order chi connectivity index (χ0) is 17.1. The summed E-state index contributed by atoms with van der Waals surface area (Å²) in [6.07, 6.45) is 4.43. The summed E-state index contributed by atoms with van der Waals surface area (Å²) in [5.74, 6) is 0.225. The van der Waals surface area contributed by atoms with Crippen LogP contribution < -0.4 is 5.32 Å². The highest BCUT2D eigenvalue weighted by Gasteiger charge is 2.23. The highest BCUT2D eigenvalue weighted by Crippen LogP contribution is 2.21. The second-order valence-electron chi connectivity index (χ2n) is 6.70. The van der Waals surface area contributed by atoms with E-state index in [4.69, 9.17) is 0 Å². The smallest absolute Gasteiger partial charge is 0.227 e. The molecule has 0 unspecified atom stereocenters. The first-order valence-corrected chi connectivity index (χ1v) is 8.94. The number of hydrogen-bond donors (Lipinski definition) is 2. The molecule has 1 aliphatic heterocycles. The fourth-order valence-electron chi connectivity index (χ4n) is 3.60. The molecule has 0 bridgehead atoms. The molecule has 0 spiro atoms. The number of nitrogens with zero attached hydrogens (tertiary/aromatic N) is 1. The van der Waals surface area contributed by atoms with E-state index in [1.165, 1.54) is 0 Å². The van der Waals surface area contributed by atoms with Crippen molar-refractivity contribution < 1.29 is 4.79 Å². The molecule has 1 aromatic heterocycles. The highest BCUT2D eigenvalue weighted by atomic mass is 16.2. The molecule has 2 N–H and O–H groups in total. The van der Waals surface area contributed by atoms with Crippen molar-refractivity contribution in [3.8, 4) is 0 Å². The van der Waals surface area contributed by atoms with Crippen molar-refractivity contribution >= 4 is 22.5 Å². The lowest BCUT2D eigenvalue weighted by atomic mass is 10.0. The van der Waals surface area contributed by atoms with Gasteiger partial charge >= 0.3 is 0 Å². The van der Waals surface area contributed by atoms with Crippen LogP contribution in [0.3, 0.4) is 0 Å². The Labute approximate surface area is 147 Å². The molecule has 1 amide bonds. The predicted octanol–water partition coefficient (Wildman–Crippen LogP) is 3.81. The minimum Gasteiger partial charge on any atom is -0.382 e. The molecule has 1 saturated heterocycles. The van der Waals surface area contributed by atoms with Gasteiger partial charge in [0, 0.05) is 41.9 Å². The first-order chi connectivity index (χ1) is 12.3. The monoisotopic (exact) mass is 333 g/mol. The van der Waals surface area contributed by atoms with Gasteiger partial charge in [-0.25, -0.2) is 0 Å². The minimum absolute atomic E-state index is 0.225. The van der Waals surface area contributed by atoms with Crippen molar-refractivity contribution in [1.29, 1.82) is 0 Å². The Morgan fingerprint density at radius 1 is 1.04 bits per heavy atom. The Morgan fingerprint density at radius 2 is 1.76 bits per heavy atom. The Hall–Kier alpha value is -2.75. The fourth-order valence-corrected chi connectivity index (χ4v) is 3.60. The molecule has 4 nitrogen and oxygen atoms in total. The number of carbonyl (C=O) groups is 1. The molecule has 0 radical (unpaired) electrons. The second-order valence-corrected chi connectivity index (χ2v) is 6.70. The van der Waals surface area contributed by atoms with Crippen molar-refractivity contribution in [3.63, 3.8) is 0 Å². The van der Waals surface area contributed by atoms with Gasteiger partial charge in [0.05, 0.1) is 6.42 Å². The number of para-hydroxylation sites is 2. The van der Waals surface area contributed by atoms with E-state index in [2.05, 4.69) is 28.5 Å². The summed E-state index contributed by atoms with van der Waals surface area (Å²) in [6, 6.07) is 18.9. The van der Waals surface area contributed by atoms with Crippen molar-refractivity contribution in [1.82, 2.24) is 9.88 Å². The largest absolute Gasteiger partial charge is 0.382 e. The summed E-state index contributed by atoms with van der Waals surface area (Å²) in [7, 11) is 0. The number of likely N-dealkylation sites (tertiary alicyclic amines) is 1. The molecule has 2 heterocycles. The summed E-state index contributed by atoms with van der Waals surface area (Å²) in [5, 5.41) is 4.72. The van der Waals surface area contributed by atoms with Crippen molar-refractivity contribution in [2.75, 3.05) is 18.4 Å².